The standard InChI is InChI=1S/C23H20F3N5O2/c1-2-4-19-28-29-20-21(32)27-17-11-13(7-8-18(17)31(19)20)22(33)30-10-9-15-14(12-30)5-3-6-16(15)23(24,25)26/h3,5-8,11H,2,4,9-10,12H2,1H3,(H,27,32). The van der Waals surface area contributed by atoms with Crippen molar-refractivity contribution in [2.75, 3.05) is 6.54 Å². The van der Waals surface area contributed by atoms with E-state index in [1.807, 2.05) is 6.92 Å². The lowest BCUT2D eigenvalue weighted by Crippen LogP contribution is -2.36. The van der Waals surface area contributed by atoms with Gasteiger partial charge < -0.3 is 9.88 Å². The molecular formula is C23H20F3N5O2. The largest absolute Gasteiger partial charge is 0.416 e. The fourth-order valence-electron chi connectivity index (χ4n) is 4.48. The van der Waals surface area contributed by atoms with Crippen molar-refractivity contribution in [1.29, 1.82) is 0 Å². The maximum absolute atomic E-state index is 13.3. The zero-order valence-electron chi connectivity index (χ0n) is 17.7. The minimum atomic E-state index is -4.42. The summed E-state index contributed by atoms with van der Waals surface area (Å²) in [6.45, 7) is 2.28. The van der Waals surface area contributed by atoms with Gasteiger partial charge in [-0.15, -0.1) is 10.2 Å². The number of H-pyrrole nitrogens is 1. The minimum Gasteiger partial charge on any atom is -0.334 e. The van der Waals surface area contributed by atoms with E-state index in [1.54, 1.807) is 28.7 Å². The highest BCUT2D eigenvalue weighted by Crippen LogP contribution is 2.35. The third-order valence-corrected chi connectivity index (χ3v) is 6.00. The number of nitrogens with zero attached hydrogens (tertiary/aromatic N) is 4. The summed E-state index contributed by atoms with van der Waals surface area (Å²) < 4.78 is 41.7. The van der Waals surface area contributed by atoms with Gasteiger partial charge in [-0.3, -0.25) is 14.0 Å². The molecule has 0 bridgehead atoms. The van der Waals surface area contributed by atoms with Crippen LogP contribution in [0.25, 0.3) is 16.7 Å². The topological polar surface area (TPSA) is 83.4 Å². The van der Waals surface area contributed by atoms with Gasteiger partial charge in [-0.05, 0) is 48.2 Å². The van der Waals surface area contributed by atoms with Crippen LogP contribution in [0.5, 0.6) is 0 Å². The van der Waals surface area contributed by atoms with E-state index in [2.05, 4.69) is 15.2 Å². The number of benzene rings is 2. The van der Waals surface area contributed by atoms with Gasteiger partial charge in [0.15, 0.2) is 0 Å². The Kier molecular flexibility index (Phi) is 4.95. The first kappa shape index (κ1) is 21.2. The summed E-state index contributed by atoms with van der Waals surface area (Å²) >= 11 is 0. The number of halogens is 3. The molecule has 10 heteroatoms. The lowest BCUT2D eigenvalue weighted by molar-refractivity contribution is -0.138. The first-order valence-electron chi connectivity index (χ1n) is 10.6. The Morgan fingerprint density at radius 1 is 1.18 bits per heavy atom. The molecular weight excluding hydrogens is 435 g/mol. The molecule has 33 heavy (non-hydrogen) atoms. The molecule has 1 aliphatic rings. The average Bonchev–Trinajstić information content (AvgIpc) is 3.22. The third kappa shape index (κ3) is 3.55. The Morgan fingerprint density at radius 2 is 2.00 bits per heavy atom. The highest BCUT2D eigenvalue weighted by atomic mass is 19.4. The third-order valence-electron chi connectivity index (χ3n) is 6.00. The molecule has 2 aromatic carbocycles. The molecule has 0 atom stereocenters. The predicted molar refractivity (Wildman–Crippen MR) is 115 cm³/mol. The summed E-state index contributed by atoms with van der Waals surface area (Å²) in [7, 11) is 0. The normalized spacial score (nSPS) is 14.1. The number of fused-ring (bicyclic) bond motifs is 4. The highest BCUT2D eigenvalue weighted by molar-refractivity contribution is 5.97. The lowest BCUT2D eigenvalue weighted by atomic mass is 9.94. The minimum absolute atomic E-state index is 0.0950. The first-order chi connectivity index (χ1) is 15.8. The number of nitrogens with one attached hydrogen (secondary N) is 1. The van der Waals surface area contributed by atoms with Crippen LogP contribution in [-0.2, 0) is 25.6 Å². The number of aromatic nitrogens is 4. The first-order valence-corrected chi connectivity index (χ1v) is 10.6. The summed E-state index contributed by atoms with van der Waals surface area (Å²) in [5.74, 6) is 0.356. The molecule has 170 valence electrons. The van der Waals surface area contributed by atoms with Crippen molar-refractivity contribution >= 4 is 22.6 Å². The fraction of sp³-hybridized carbons (Fsp3) is 0.304. The van der Waals surface area contributed by atoms with Crippen molar-refractivity contribution in [2.45, 2.75) is 38.9 Å². The van der Waals surface area contributed by atoms with Crippen LogP contribution >= 0.6 is 0 Å². The molecule has 1 amide bonds. The molecule has 0 saturated carbocycles. The van der Waals surface area contributed by atoms with Crippen LogP contribution < -0.4 is 5.56 Å². The number of hydrogen-bond acceptors (Lipinski definition) is 4. The van der Waals surface area contributed by atoms with Gasteiger partial charge in [0.25, 0.3) is 11.5 Å². The van der Waals surface area contributed by atoms with Gasteiger partial charge >= 0.3 is 6.18 Å². The van der Waals surface area contributed by atoms with Crippen LogP contribution in [0, 0.1) is 0 Å². The second-order valence-corrected chi connectivity index (χ2v) is 8.13. The van der Waals surface area contributed by atoms with Gasteiger partial charge in [0.2, 0.25) is 5.65 Å². The van der Waals surface area contributed by atoms with E-state index in [0.29, 0.717) is 34.4 Å². The molecule has 0 fully saturated rings. The molecule has 0 unspecified atom stereocenters. The molecule has 0 aliphatic carbocycles. The quantitative estimate of drug-likeness (QED) is 0.510. The maximum Gasteiger partial charge on any atom is 0.416 e. The monoisotopic (exact) mass is 455 g/mol. The number of alkyl halides is 3. The smallest absolute Gasteiger partial charge is 0.334 e. The Labute approximate surface area is 185 Å². The number of rotatable bonds is 3. The number of hydrogen-bond donors (Lipinski definition) is 1. The van der Waals surface area contributed by atoms with Crippen LogP contribution in [0.2, 0.25) is 0 Å². The molecule has 1 aliphatic heterocycles. The summed E-state index contributed by atoms with van der Waals surface area (Å²) in [5.41, 5.74) is 1.37. The maximum atomic E-state index is 13.3. The Bertz CT molecular complexity index is 1450. The number of carbonyl (C=O) groups is 1. The van der Waals surface area contributed by atoms with Gasteiger partial charge in [-0.1, -0.05) is 19.1 Å². The molecule has 4 aromatic rings. The summed E-state index contributed by atoms with van der Waals surface area (Å²) in [4.78, 5) is 29.9. The second kappa shape index (κ2) is 7.72. The van der Waals surface area contributed by atoms with Crippen LogP contribution in [0.4, 0.5) is 13.2 Å². The van der Waals surface area contributed by atoms with Crippen LogP contribution in [0.3, 0.4) is 0 Å². The van der Waals surface area contributed by atoms with Crippen molar-refractivity contribution in [2.24, 2.45) is 0 Å². The van der Waals surface area contributed by atoms with Crippen molar-refractivity contribution in [3.63, 3.8) is 0 Å². The lowest BCUT2D eigenvalue weighted by Gasteiger charge is -2.30. The predicted octanol–water partition coefficient (Wildman–Crippen LogP) is 3.74. The van der Waals surface area contributed by atoms with E-state index in [1.165, 1.54) is 11.0 Å². The van der Waals surface area contributed by atoms with Gasteiger partial charge in [0, 0.05) is 25.1 Å². The van der Waals surface area contributed by atoms with Crippen molar-refractivity contribution in [3.8, 4) is 0 Å². The van der Waals surface area contributed by atoms with Gasteiger partial charge in [-0.25, -0.2) is 0 Å². The van der Waals surface area contributed by atoms with E-state index in [9.17, 15) is 22.8 Å². The Balaban J connectivity index is 1.50. The van der Waals surface area contributed by atoms with Crippen LogP contribution in [0.1, 0.15) is 46.2 Å². The number of aryl methyl sites for hydroxylation is 1. The summed E-state index contributed by atoms with van der Waals surface area (Å²) in [6, 6.07) is 9.05. The van der Waals surface area contributed by atoms with E-state index in [4.69, 9.17) is 0 Å². The summed E-state index contributed by atoms with van der Waals surface area (Å²) in [5, 5.41) is 8.09. The molecule has 5 rings (SSSR count). The molecule has 0 saturated heterocycles. The van der Waals surface area contributed by atoms with E-state index in [0.717, 1.165) is 12.5 Å². The molecule has 0 spiro atoms. The van der Waals surface area contributed by atoms with Crippen LogP contribution in [0.15, 0.2) is 41.2 Å². The van der Waals surface area contributed by atoms with Crippen molar-refractivity contribution in [3.05, 3.63) is 74.8 Å². The SMILES string of the molecule is CCCc1nnc2c(=O)[nH]c3cc(C(=O)N4CCc5c(cccc5C(F)(F)F)C4)ccc3n12. The average molecular weight is 455 g/mol. The van der Waals surface area contributed by atoms with E-state index >= 15 is 0 Å². The summed E-state index contributed by atoms with van der Waals surface area (Å²) in [6.07, 6.45) is -2.82. The fourth-order valence-corrected chi connectivity index (χ4v) is 4.48. The van der Waals surface area contributed by atoms with Crippen LogP contribution in [-0.4, -0.2) is 36.9 Å². The Hall–Kier alpha value is -3.69. The van der Waals surface area contributed by atoms with Gasteiger partial charge in [-0.2, -0.15) is 13.2 Å². The van der Waals surface area contributed by atoms with Gasteiger partial charge in [0.05, 0.1) is 16.6 Å². The molecule has 3 heterocycles. The second-order valence-electron chi connectivity index (χ2n) is 8.13. The van der Waals surface area contributed by atoms with Crippen molar-refractivity contribution in [1.82, 2.24) is 24.5 Å². The molecule has 1 N–H and O–H groups in total. The van der Waals surface area contributed by atoms with Crippen molar-refractivity contribution < 1.29 is 18.0 Å². The zero-order chi connectivity index (χ0) is 23.3. The Morgan fingerprint density at radius 3 is 2.76 bits per heavy atom. The number of carbonyl (C=O) groups excluding carboxylic acids is 1. The molecule has 0 radical (unpaired) electrons. The van der Waals surface area contributed by atoms with E-state index < -0.39 is 17.3 Å². The highest BCUT2D eigenvalue weighted by Gasteiger charge is 2.35. The zero-order valence-corrected chi connectivity index (χ0v) is 17.7. The van der Waals surface area contributed by atoms with Gasteiger partial charge in [0.1, 0.15) is 5.82 Å². The number of aromatic amines is 1. The molecule has 7 nitrogen and oxygen atoms in total. The number of amides is 1. The van der Waals surface area contributed by atoms with E-state index in [-0.39, 0.29) is 36.6 Å². The molecule has 2 aromatic heterocycles.